The van der Waals surface area contributed by atoms with Gasteiger partial charge in [0.05, 0.1) is 11.0 Å². The summed E-state index contributed by atoms with van der Waals surface area (Å²) < 4.78 is 14.8. The van der Waals surface area contributed by atoms with Gasteiger partial charge in [0.15, 0.2) is 0 Å². The molecule has 0 spiro atoms. The highest BCUT2D eigenvalue weighted by molar-refractivity contribution is 6.15. The van der Waals surface area contributed by atoms with Crippen LogP contribution < -0.4 is 0 Å². The lowest BCUT2D eigenvalue weighted by Gasteiger charge is -2.11. The monoisotopic (exact) mass is 604 g/mol. The fourth-order valence-corrected chi connectivity index (χ4v) is 7.20. The summed E-state index contributed by atoms with van der Waals surface area (Å²) in [5.74, 6) is 1.07. The summed E-state index contributed by atoms with van der Waals surface area (Å²) in [6.45, 7) is 2.16. The molecule has 0 aliphatic carbocycles. The maximum atomic E-state index is 6.31. The van der Waals surface area contributed by atoms with E-state index in [-0.39, 0.29) is 0 Å². The van der Waals surface area contributed by atoms with Gasteiger partial charge in [-0.05, 0) is 99.8 Å². The number of para-hydroxylation sites is 3. The summed E-state index contributed by atoms with van der Waals surface area (Å²) in [6.07, 6.45) is 0.867. The van der Waals surface area contributed by atoms with Crippen LogP contribution in [0.5, 0.6) is 0 Å². The van der Waals surface area contributed by atoms with Crippen LogP contribution in [0.3, 0.4) is 0 Å². The number of imidazole rings is 1. The molecule has 47 heavy (non-hydrogen) atoms. The van der Waals surface area contributed by atoms with Crippen LogP contribution in [-0.2, 0) is 6.42 Å². The molecule has 3 heterocycles. The van der Waals surface area contributed by atoms with E-state index in [9.17, 15) is 0 Å². The zero-order valence-corrected chi connectivity index (χ0v) is 25.7. The van der Waals surface area contributed by atoms with Gasteiger partial charge in [-0.25, -0.2) is 4.98 Å². The van der Waals surface area contributed by atoms with Crippen molar-refractivity contribution in [3.8, 4) is 27.9 Å². The Hall–Kier alpha value is -6.13. The zero-order valence-electron chi connectivity index (χ0n) is 25.7. The fourth-order valence-electron chi connectivity index (χ4n) is 7.20. The van der Waals surface area contributed by atoms with Crippen molar-refractivity contribution in [3.05, 3.63) is 145 Å². The van der Waals surface area contributed by atoms with E-state index in [1.807, 2.05) is 24.3 Å². The number of nitrogens with zero attached hydrogens (tertiary/aromatic N) is 2. The predicted octanol–water partition coefficient (Wildman–Crippen LogP) is 11.9. The molecule has 10 rings (SSSR count). The molecule has 0 atom stereocenters. The van der Waals surface area contributed by atoms with Gasteiger partial charge in [-0.1, -0.05) is 79.7 Å². The molecule has 0 bridgehead atoms. The van der Waals surface area contributed by atoms with E-state index in [1.165, 1.54) is 27.5 Å². The molecule has 10 aromatic rings. The zero-order chi connectivity index (χ0) is 31.1. The third-order valence-electron chi connectivity index (χ3n) is 9.53. The molecule has 4 nitrogen and oxygen atoms in total. The molecule has 0 radical (unpaired) electrons. The molecule has 4 heteroatoms. The standard InChI is InChI=1S/C43H28N2O2/c1-2-43-44-37-11-4-5-12-38(37)45(43)32-9-7-8-26(22-32)27-14-15-29-21-30(17-16-28(29)20-27)31-18-19-40-34(23-31)36-25-41-35(24-42(36)47-40)33-10-3-6-13-39(33)46-41/h3-25H,2H2,1H3. The molecular weight excluding hydrogens is 576 g/mol. The molecular formula is C43H28N2O2. The maximum absolute atomic E-state index is 6.31. The van der Waals surface area contributed by atoms with Crippen molar-refractivity contribution in [2.24, 2.45) is 0 Å². The van der Waals surface area contributed by atoms with E-state index in [4.69, 9.17) is 13.8 Å². The lowest BCUT2D eigenvalue weighted by molar-refractivity contribution is 0.664. The Morgan fingerprint density at radius 1 is 0.489 bits per heavy atom. The Bertz CT molecular complexity index is 2850. The van der Waals surface area contributed by atoms with Gasteiger partial charge in [0.1, 0.15) is 28.2 Å². The second-order valence-electron chi connectivity index (χ2n) is 12.3. The molecule has 7 aromatic carbocycles. The van der Waals surface area contributed by atoms with Crippen molar-refractivity contribution in [3.63, 3.8) is 0 Å². The summed E-state index contributed by atoms with van der Waals surface area (Å²) >= 11 is 0. The number of aryl methyl sites for hydroxylation is 1. The average molecular weight is 605 g/mol. The first-order valence-electron chi connectivity index (χ1n) is 16.1. The molecule has 0 amide bonds. The Balaban J connectivity index is 1.02. The third-order valence-corrected chi connectivity index (χ3v) is 9.53. The van der Waals surface area contributed by atoms with Crippen LogP contribution in [0.15, 0.2) is 148 Å². The summed E-state index contributed by atoms with van der Waals surface area (Å²) in [6, 6.07) is 49.5. The van der Waals surface area contributed by atoms with Gasteiger partial charge in [0.2, 0.25) is 0 Å². The van der Waals surface area contributed by atoms with Gasteiger partial charge in [-0.15, -0.1) is 0 Å². The number of hydrogen-bond acceptors (Lipinski definition) is 3. The largest absolute Gasteiger partial charge is 0.456 e. The van der Waals surface area contributed by atoms with Crippen molar-refractivity contribution < 1.29 is 8.83 Å². The molecule has 0 N–H and O–H groups in total. The molecule has 0 fully saturated rings. The number of rotatable bonds is 4. The van der Waals surface area contributed by atoms with Crippen LogP contribution in [0.2, 0.25) is 0 Å². The van der Waals surface area contributed by atoms with E-state index in [1.54, 1.807) is 0 Å². The first kappa shape index (κ1) is 26.1. The van der Waals surface area contributed by atoms with E-state index < -0.39 is 0 Å². The Morgan fingerprint density at radius 3 is 1.89 bits per heavy atom. The normalized spacial score (nSPS) is 12.0. The van der Waals surface area contributed by atoms with Crippen LogP contribution in [-0.4, -0.2) is 9.55 Å². The molecule has 0 aliphatic rings. The minimum atomic E-state index is 0.867. The summed E-state index contributed by atoms with van der Waals surface area (Å²) in [5.41, 5.74) is 11.5. The fraction of sp³-hybridized carbons (Fsp3) is 0.0465. The number of benzene rings is 7. The van der Waals surface area contributed by atoms with Gasteiger partial charge < -0.3 is 8.83 Å². The summed E-state index contributed by atoms with van der Waals surface area (Å²) in [4.78, 5) is 4.89. The van der Waals surface area contributed by atoms with Crippen LogP contribution >= 0.6 is 0 Å². The predicted molar refractivity (Wildman–Crippen MR) is 193 cm³/mol. The Kier molecular flexibility index (Phi) is 5.52. The SMILES string of the molecule is CCc1nc2ccccc2n1-c1cccc(-c2ccc3cc(-c4ccc5oc6cc7c(cc6c5c4)oc4ccccc47)ccc3c2)c1. The number of aromatic nitrogens is 2. The molecule has 222 valence electrons. The minimum Gasteiger partial charge on any atom is -0.456 e. The first-order valence-corrected chi connectivity index (χ1v) is 16.1. The lowest BCUT2D eigenvalue weighted by atomic mass is 9.97. The highest BCUT2D eigenvalue weighted by atomic mass is 16.3. The highest BCUT2D eigenvalue weighted by Crippen LogP contribution is 2.38. The van der Waals surface area contributed by atoms with E-state index in [2.05, 4.69) is 127 Å². The Labute approximate surface area is 270 Å². The van der Waals surface area contributed by atoms with Gasteiger partial charge in [-0.3, -0.25) is 4.57 Å². The van der Waals surface area contributed by atoms with Crippen molar-refractivity contribution in [1.29, 1.82) is 0 Å². The molecule has 3 aromatic heterocycles. The van der Waals surface area contributed by atoms with Gasteiger partial charge in [0, 0.05) is 33.7 Å². The minimum absolute atomic E-state index is 0.867. The van der Waals surface area contributed by atoms with Crippen LogP contribution in [0.25, 0.3) is 93.6 Å². The molecule has 0 aliphatic heterocycles. The lowest BCUT2D eigenvalue weighted by Crippen LogP contribution is -2.00. The second-order valence-corrected chi connectivity index (χ2v) is 12.3. The summed E-state index contributed by atoms with van der Waals surface area (Å²) in [7, 11) is 0. The quantitative estimate of drug-likeness (QED) is 0.201. The smallest absolute Gasteiger partial charge is 0.136 e. The van der Waals surface area contributed by atoms with Gasteiger partial charge in [-0.2, -0.15) is 0 Å². The van der Waals surface area contributed by atoms with E-state index in [0.717, 1.165) is 78.4 Å². The number of hydrogen-bond donors (Lipinski definition) is 0. The molecule has 0 saturated carbocycles. The average Bonchev–Trinajstić information content (AvgIpc) is 3.80. The molecule has 0 saturated heterocycles. The summed E-state index contributed by atoms with van der Waals surface area (Å²) in [5, 5.41) is 6.75. The van der Waals surface area contributed by atoms with Gasteiger partial charge >= 0.3 is 0 Å². The van der Waals surface area contributed by atoms with Crippen LogP contribution in [0.1, 0.15) is 12.7 Å². The van der Waals surface area contributed by atoms with E-state index in [0.29, 0.717) is 0 Å². The topological polar surface area (TPSA) is 44.1 Å². The maximum Gasteiger partial charge on any atom is 0.136 e. The van der Waals surface area contributed by atoms with Crippen LogP contribution in [0.4, 0.5) is 0 Å². The molecule has 0 unspecified atom stereocenters. The van der Waals surface area contributed by atoms with Crippen molar-refractivity contribution >= 4 is 65.7 Å². The van der Waals surface area contributed by atoms with Crippen molar-refractivity contribution in [1.82, 2.24) is 9.55 Å². The first-order chi connectivity index (χ1) is 23.2. The third kappa shape index (κ3) is 4.05. The van der Waals surface area contributed by atoms with Crippen molar-refractivity contribution in [2.75, 3.05) is 0 Å². The van der Waals surface area contributed by atoms with Crippen LogP contribution in [0, 0.1) is 0 Å². The van der Waals surface area contributed by atoms with Gasteiger partial charge in [0.25, 0.3) is 0 Å². The number of furan rings is 2. The Morgan fingerprint density at radius 2 is 1.11 bits per heavy atom. The van der Waals surface area contributed by atoms with E-state index >= 15 is 0 Å². The highest BCUT2D eigenvalue weighted by Gasteiger charge is 2.15. The second kappa shape index (κ2) is 9.93. The number of fused-ring (bicyclic) bond motifs is 8. The van der Waals surface area contributed by atoms with Crippen molar-refractivity contribution in [2.45, 2.75) is 13.3 Å².